The van der Waals surface area contributed by atoms with E-state index in [2.05, 4.69) is 16.0 Å². The molecule has 32 heavy (non-hydrogen) atoms. The molecule has 7 nitrogen and oxygen atoms in total. The lowest BCUT2D eigenvalue weighted by molar-refractivity contribution is 0.102. The molecule has 0 aliphatic heterocycles. The van der Waals surface area contributed by atoms with Crippen LogP contribution in [-0.4, -0.2) is 19.0 Å². The van der Waals surface area contributed by atoms with Crippen molar-refractivity contribution in [1.82, 2.24) is 5.32 Å². The lowest BCUT2D eigenvalue weighted by Gasteiger charge is -2.18. The summed E-state index contributed by atoms with van der Waals surface area (Å²) >= 11 is 0. The van der Waals surface area contributed by atoms with Crippen molar-refractivity contribution in [3.63, 3.8) is 0 Å². The van der Waals surface area contributed by atoms with Gasteiger partial charge >= 0.3 is 6.09 Å². The van der Waals surface area contributed by atoms with Crippen LogP contribution in [0.1, 0.15) is 40.9 Å². The molecule has 3 rings (SSSR count). The number of carbonyl (C=O) groups is 2. The number of hydrogen-bond acceptors (Lipinski definition) is 5. The van der Waals surface area contributed by atoms with E-state index in [1.165, 1.54) is 0 Å². The summed E-state index contributed by atoms with van der Waals surface area (Å²) in [5.41, 5.74) is 10.2. The monoisotopic (exact) mass is 432 g/mol. The lowest BCUT2D eigenvalue weighted by Crippen LogP contribution is -2.28. The zero-order valence-corrected chi connectivity index (χ0v) is 18.2. The minimum absolute atomic E-state index is 0.106. The van der Waals surface area contributed by atoms with Crippen LogP contribution >= 0.6 is 0 Å². The Labute approximate surface area is 188 Å². The predicted molar refractivity (Wildman–Crippen MR) is 128 cm³/mol. The van der Waals surface area contributed by atoms with Gasteiger partial charge in [-0.25, -0.2) is 4.79 Å². The van der Waals surface area contributed by atoms with Crippen molar-refractivity contribution in [2.75, 3.05) is 23.4 Å². The summed E-state index contributed by atoms with van der Waals surface area (Å²) in [6, 6.07) is 21.7. The fourth-order valence-electron chi connectivity index (χ4n) is 3.19. The largest absolute Gasteiger partial charge is 0.445 e. The standard InChI is InChI=1S/C25H28N4O3/c1-3-22(18-12-14-20(27-2)15-13-18)29-25(31)32-16-17-8-10-19(11-9-17)24(30)28-23-7-5-4-6-21(23)26/h4-15,22,27H,3,16,26H2,1-2H3,(H,28,30)(H,29,31)/t22-/m1/s1. The molecule has 2 amide bonds. The number of rotatable bonds is 8. The summed E-state index contributed by atoms with van der Waals surface area (Å²) < 4.78 is 5.36. The van der Waals surface area contributed by atoms with Crippen LogP contribution in [0.3, 0.4) is 0 Å². The number of anilines is 3. The van der Waals surface area contributed by atoms with Crippen molar-refractivity contribution in [1.29, 1.82) is 0 Å². The molecule has 0 bridgehead atoms. The van der Waals surface area contributed by atoms with Crippen molar-refractivity contribution >= 4 is 29.1 Å². The lowest BCUT2D eigenvalue weighted by atomic mass is 10.0. The van der Waals surface area contributed by atoms with E-state index < -0.39 is 6.09 Å². The minimum atomic E-state index is -0.490. The molecular weight excluding hydrogens is 404 g/mol. The van der Waals surface area contributed by atoms with Crippen LogP contribution in [0.2, 0.25) is 0 Å². The van der Waals surface area contributed by atoms with Crippen LogP contribution in [0.4, 0.5) is 21.9 Å². The number of amides is 2. The Bertz CT molecular complexity index is 1050. The average molecular weight is 433 g/mol. The average Bonchev–Trinajstić information content (AvgIpc) is 2.83. The summed E-state index contributed by atoms with van der Waals surface area (Å²) in [4.78, 5) is 24.7. The first kappa shape index (κ1) is 22.7. The smallest absolute Gasteiger partial charge is 0.407 e. The van der Waals surface area contributed by atoms with E-state index in [4.69, 9.17) is 10.5 Å². The SMILES string of the molecule is CC[C@@H](NC(=O)OCc1ccc(C(=O)Nc2ccccc2N)cc1)c1ccc(NC)cc1. The number of nitrogens with one attached hydrogen (secondary N) is 3. The second kappa shape index (κ2) is 10.9. The third-order valence-corrected chi connectivity index (χ3v) is 5.10. The molecule has 3 aromatic rings. The fraction of sp³-hybridized carbons (Fsp3) is 0.200. The van der Waals surface area contributed by atoms with Gasteiger partial charge in [-0.1, -0.05) is 43.3 Å². The minimum Gasteiger partial charge on any atom is -0.445 e. The number of hydrogen-bond donors (Lipinski definition) is 4. The number of ether oxygens (including phenoxy) is 1. The quantitative estimate of drug-likeness (QED) is 0.377. The number of nitrogen functional groups attached to an aromatic ring is 1. The van der Waals surface area contributed by atoms with Gasteiger partial charge in [0, 0.05) is 18.3 Å². The summed E-state index contributed by atoms with van der Waals surface area (Å²) in [6.45, 7) is 2.11. The van der Waals surface area contributed by atoms with E-state index in [1.807, 2.05) is 38.2 Å². The molecule has 0 aliphatic carbocycles. The molecule has 1 atom stereocenters. The molecule has 0 radical (unpaired) electrons. The van der Waals surface area contributed by atoms with Gasteiger partial charge in [-0.15, -0.1) is 0 Å². The first-order valence-electron chi connectivity index (χ1n) is 10.5. The van der Waals surface area contributed by atoms with E-state index in [-0.39, 0.29) is 18.6 Å². The van der Waals surface area contributed by atoms with Gasteiger partial charge in [0.05, 0.1) is 17.4 Å². The van der Waals surface area contributed by atoms with E-state index in [0.29, 0.717) is 16.9 Å². The Kier molecular flexibility index (Phi) is 7.70. The van der Waals surface area contributed by atoms with Crippen molar-refractivity contribution in [3.05, 3.63) is 89.5 Å². The van der Waals surface area contributed by atoms with Crippen molar-refractivity contribution < 1.29 is 14.3 Å². The predicted octanol–water partition coefficient (Wildman–Crippen LogP) is 4.94. The van der Waals surface area contributed by atoms with E-state index >= 15 is 0 Å². The van der Waals surface area contributed by atoms with Gasteiger partial charge in [0.1, 0.15) is 6.61 Å². The third kappa shape index (κ3) is 6.01. The van der Waals surface area contributed by atoms with Gasteiger partial charge < -0.3 is 26.4 Å². The number of benzene rings is 3. The molecule has 0 heterocycles. The van der Waals surface area contributed by atoms with Crippen molar-refractivity contribution in [2.45, 2.75) is 26.0 Å². The Morgan fingerprint density at radius 1 is 0.969 bits per heavy atom. The van der Waals surface area contributed by atoms with Gasteiger partial charge in [0.2, 0.25) is 0 Å². The van der Waals surface area contributed by atoms with Crippen LogP contribution in [0.5, 0.6) is 0 Å². The van der Waals surface area contributed by atoms with E-state index in [9.17, 15) is 9.59 Å². The highest BCUT2D eigenvalue weighted by Crippen LogP contribution is 2.20. The van der Waals surface area contributed by atoms with Crippen LogP contribution < -0.4 is 21.7 Å². The highest BCUT2D eigenvalue weighted by molar-refractivity contribution is 6.05. The third-order valence-electron chi connectivity index (χ3n) is 5.10. The molecule has 0 fully saturated rings. The normalized spacial score (nSPS) is 11.3. The zero-order valence-electron chi connectivity index (χ0n) is 18.2. The Balaban J connectivity index is 1.52. The number of nitrogens with two attached hydrogens (primary N) is 1. The van der Waals surface area contributed by atoms with Crippen molar-refractivity contribution in [3.8, 4) is 0 Å². The Morgan fingerprint density at radius 3 is 2.28 bits per heavy atom. The molecule has 7 heteroatoms. The van der Waals surface area contributed by atoms with Gasteiger partial charge in [-0.05, 0) is 53.9 Å². The molecule has 0 spiro atoms. The molecule has 0 saturated heterocycles. The van der Waals surface area contributed by atoms with Gasteiger partial charge in [0.25, 0.3) is 5.91 Å². The van der Waals surface area contributed by atoms with Gasteiger partial charge in [-0.3, -0.25) is 4.79 Å². The van der Waals surface area contributed by atoms with Gasteiger partial charge in [-0.2, -0.15) is 0 Å². The topological polar surface area (TPSA) is 105 Å². The first-order chi connectivity index (χ1) is 15.5. The molecule has 166 valence electrons. The van der Waals surface area contributed by atoms with Crippen LogP contribution in [0, 0.1) is 0 Å². The maximum atomic E-state index is 12.4. The maximum absolute atomic E-state index is 12.4. The van der Waals surface area contributed by atoms with E-state index in [0.717, 1.165) is 23.2 Å². The maximum Gasteiger partial charge on any atom is 0.407 e. The summed E-state index contributed by atoms with van der Waals surface area (Å²) in [5.74, 6) is -0.261. The number of alkyl carbamates (subject to hydrolysis) is 1. The second-order valence-corrected chi connectivity index (χ2v) is 7.29. The molecule has 0 saturated carbocycles. The zero-order chi connectivity index (χ0) is 22.9. The number of para-hydroxylation sites is 2. The van der Waals surface area contributed by atoms with Crippen LogP contribution in [0.25, 0.3) is 0 Å². The number of carbonyl (C=O) groups excluding carboxylic acids is 2. The highest BCUT2D eigenvalue weighted by atomic mass is 16.5. The molecule has 0 unspecified atom stereocenters. The molecule has 3 aromatic carbocycles. The highest BCUT2D eigenvalue weighted by Gasteiger charge is 2.14. The van der Waals surface area contributed by atoms with E-state index in [1.54, 1.807) is 48.5 Å². The van der Waals surface area contributed by atoms with Crippen LogP contribution in [0.15, 0.2) is 72.8 Å². The summed E-state index contributed by atoms with van der Waals surface area (Å²) in [5, 5.41) is 8.75. The Morgan fingerprint density at radius 2 is 1.66 bits per heavy atom. The summed E-state index contributed by atoms with van der Waals surface area (Å²) in [6.07, 6.45) is 0.250. The van der Waals surface area contributed by atoms with Gasteiger partial charge in [0.15, 0.2) is 0 Å². The Hall–Kier alpha value is -4.00. The first-order valence-corrected chi connectivity index (χ1v) is 10.5. The van der Waals surface area contributed by atoms with Crippen LogP contribution in [-0.2, 0) is 11.3 Å². The second-order valence-electron chi connectivity index (χ2n) is 7.29. The fourth-order valence-corrected chi connectivity index (χ4v) is 3.19. The molecular formula is C25H28N4O3. The molecule has 0 aliphatic rings. The molecule has 0 aromatic heterocycles. The summed E-state index contributed by atoms with van der Waals surface area (Å²) in [7, 11) is 1.86. The van der Waals surface area contributed by atoms with Crippen molar-refractivity contribution in [2.24, 2.45) is 0 Å². The molecule has 5 N–H and O–H groups in total.